The summed E-state index contributed by atoms with van der Waals surface area (Å²) in [5.41, 5.74) is 5.65. The molecular weight excluding hydrogens is 308 g/mol. The number of rotatable bonds is 5. The summed E-state index contributed by atoms with van der Waals surface area (Å²) in [5, 5.41) is 2.90. The minimum atomic E-state index is -0.112. The molecule has 1 heterocycles. The Bertz CT molecular complexity index is 868. The highest BCUT2D eigenvalue weighted by atomic mass is 16.1. The van der Waals surface area contributed by atoms with Crippen LogP contribution in [0, 0.1) is 6.92 Å². The molecule has 2 aromatic carbocycles. The SMILES string of the molecule is Cc1cccc(-c2ccc(CNC(=O)/C=C/c3ccncc3)cc2)c1. The molecule has 0 aliphatic heterocycles. The lowest BCUT2D eigenvalue weighted by molar-refractivity contribution is -0.116. The Morgan fingerprint density at radius 1 is 1.00 bits per heavy atom. The molecule has 0 saturated heterocycles. The van der Waals surface area contributed by atoms with Crippen molar-refractivity contribution in [3.63, 3.8) is 0 Å². The first-order chi connectivity index (χ1) is 12.2. The molecule has 0 aliphatic carbocycles. The van der Waals surface area contributed by atoms with Crippen LogP contribution < -0.4 is 5.32 Å². The summed E-state index contributed by atoms with van der Waals surface area (Å²) in [6.07, 6.45) is 6.72. The van der Waals surface area contributed by atoms with Crippen molar-refractivity contribution < 1.29 is 4.79 Å². The smallest absolute Gasteiger partial charge is 0.244 e. The van der Waals surface area contributed by atoms with Crippen LogP contribution in [0.2, 0.25) is 0 Å². The molecule has 3 aromatic rings. The highest BCUT2D eigenvalue weighted by Crippen LogP contribution is 2.20. The molecule has 3 nitrogen and oxygen atoms in total. The van der Waals surface area contributed by atoms with Crippen molar-refractivity contribution in [2.45, 2.75) is 13.5 Å². The van der Waals surface area contributed by atoms with E-state index in [9.17, 15) is 4.79 Å². The zero-order valence-corrected chi connectivity index (χ0v) is 14.1. The van der Waals surface area contributed by atoms with E-state index in [1.165, 1.54) is 22.8 Å². The number of aryl methyl sites for hydroxylation is 1. The number of hydrogen-bond donors (Lipinski definition) is 1. The molecule has 3 heteroatoms. The maximum absolute atomic E-state index is 11.9. The van der Waals surface area contributed by atoms with Crippen molar-refractivity contribution in [3.05, 3.63) is 95.8 Å². The molecule has 25 heavy (non-hydrogen) atoms. The third-order valence-electron chi connectivity index (χ3n) is 3.91. The number of aromatic nitrogens is 1. The fourth-order valence-electron chi connectivity index (χ4n) is 2.53. The number of nitrogens with zero attached hydrogens (tertiary/aromatic N) is 1. The van der Waals surface area contributed by atoms with Gasteiger partial charge >= 0.3 is 0 Å². The molecule has 0 saturated carbocycles. The lowest BCUT2D eigenvalue weighted by atomic mass is 10.0. The van der Waals surface area contributed by atoms with Crippen LogP contribution in [0.3, 0.4) is 0 Å². The van der Waals surface area contributed by atoms with E-state index >= 15 is 0 Å². The summed E-state index contributed by atoms with van der Waals surface area (Å²) < 4.78 is 0. The Kier molecular flexibility index (Phi) is 5.37. The number of carbonyl (C=O) groups is 1. The Morgan fingerprint density at radius 3 is 2.48 bits per heavy atom. The second-order valence-corrected chi connectivity index (χ2v) is 5.90. The van der Waals surface area contributed by atoms with Crippen LogP contribution in [0.1, 0.15) is 16.7 Å². The lowest BCUT2D eigenvalue weighted by Gasteiger charge is -2.06. The van der Waals surface area contributed by atoms with Crippen LogP contribution in [-0.2, 0) is 11.3 Å². The number of hydrogen-bond acceptors (Lipinski definition) is 2. The summed E-state index contributed by atoms with van der Waals surface area (Å²) in [6, 6.07) is 20.4. The molecule has 0 unspecified atom stereocenters. The Hall–Kier alpha value is -3.20. The maximum Gasteiger partial charge on any atom is 0.244 e. The Labute approximate surface area is 148 Å². The predicted molar refractivity (Wildman–Crippen MR) is 102 cm³/mol. The standard InChI is InChI=1S/C22H20N2O/c1-17-3-2-4-21(15-17)20-8-5-19(6-9-20)16-24-22(25)10-7-18-11-13-23-14-12-18/h2-15H,16H2,1H3,(H,24,25)/b10-7+. The Balaban J connectivity index is 1.57. The van der Waals surface area contributed by atoms with Crippen LogP contribution in [0.25, 0.3) is 17.2 Å². The van der Waals surface area contributed by atoms with Gasteiger partial charge in [-0.3, -0.25) is 9.78 Å². The van der Waals surface area contributed by atoms with Gasteiger partial charge in [0.15, 0.2) is 0 Å². The molecule has 124 valence electrons. The first-order valence-corrected chi connectivity index (χ1v) is 8.23. The van der Waals surface area contributed by atoms with Gasteiger partial charge in [0.25, 0.3) is 0 Å². The molecule has 1 aromatic heterocycles. The van der Waals surface area contributed by atoms with Gasteiger partial charge in [0.2, 0.25) is 5.91 Å². The van der Waals surface area contributed by atoms with Gasteiger partial charge < -0.3 is 5.32 Å². The third kappa shape index (κ3) is 4.88. The van der Waals surface area contributed by atoms with Gasteiger partial charge in [-0.2, -0.15) is 0 Å². The average molecular weight is 328 g/mol. The third-order valence-corrected chi connectivity index (χ3v) is 3.91. The molecule has 3 rings (SSSR count). The molecule has 0 fully saturated rings. The molecular formula is C22H20N2O. The zero-order chi connectivity index (χ0) is 17.5. The van der Waals surface area contributed by atoms with Gasteiger partial charge in [-0.1, -0.05) is 54.1 Å². The van der Waals surface area contributed by atoms with Crippen LogP contribution in [0.5, 0.6) is 0 Å². The fourth-order valence-corrected chi connectivity index (χ4v) is 2.53. The van der Waals surface area contributed by atoms with E-state index in [-0.39, 0.29) is 5.91 Å². The molecule has 0 aliphatic rings. The quantitative estimate of drug-likeness (QED) is 0.706. The summed E-state index contributed by atoms with van der Waals surface area (Å²) in [6.45, 7) is 2.60. The second kappa shape index (κ2) is 8.06. The monoisotopic (exact) mass is 328 g/mol. The van der Waals surface area contributed by atoms with E-state index in [0.717, 1.165) is 11.1 Å². The number of nitrogens with one attached hydrogen (secondary N) is 1. The van der Waals surface area contributed by atoms with E-state index in [0.29, 0.717) is 6.54 Å². The zero-order valence-electron chi connectivity index (χ0n) is 14.1. The molecule has 1 N–H and O–H groups in total. The van der Waals surface area contributed by atoms with E-state index < -0.39 is 0 Å². The molecule has 0 radical (unpaired) electrons. The number of benzene rings is 2. The van der Waals surface area contributed by atoms with E-state index in [1.54, 1.807) is 18.5 Å². The highest BCUT2D eigenvalue weighted by molar-refractivity contribution is 5.91. The highest BCUT2D eigenvalue weighted by Gasteiger charge is 2.00. The average Bonchev–Trinajstić information content (AvgIpc) is 2.66. The van der Waals surface area contributed by atoms with Crippen LogP contribution in [0.15, 0.2) is 79.1 Å². The molecule has 0 bridgehead atoms. The van der Waals surface area contributed by atoms with E-state index in [1.807, 2.05) is 24.3 Å². The predicted octanol–water partition coefficient (Wildman–Crippen LogP) is 4.39. The van der Waals surface area contributed by atoms with Gasteiger partial charge in [0.05, 0.1) is 0 Å². The number of carbonyl (C=O) groups excluding carboxylic acids is 1. The summed E-state index contributed by atoms with van der Waals surface area (Å²) in [7, 11) is 0. The molecule has 0 spiro atoms. The molecule has 0 atom stereocenters. The van der Waals surface area contributed by atoms with Gasteiger partial charge in [-0.15, -0.1) is 0 Å². The van der Waals surface area contributed by atoms with Gasteiger partial charge in [0.1, 0.15) is 0 Å². The van der Waals surface area contributed by atoms with Crippen LogP contribution in [-0.4, -0.2) is 10.9 Å². The van der Waals surface area contributed by atoms with Crippen LogP contribution in [0.4, 0.5) is 0 Å². The van der Waals surface area contributed by atoms with Gasteiger partial charge in [-0.25, -0.2) is 0 Å². The number of pyridine rings is 1. The summed E-state index contributed by atoms with van der Waals surface area (Å²) >= 11 is 0. The Morgan fingerprint density at radius 2 is 1.76 bits per heavy atom. The summed E-state index contributed by atoms with van der Waals surface area (Å²) in [4.78, 5) is 15.8. The van der Waals surface area contributed by atoms with E-state index in [4.69, 9.17) is 0 Å². The lowest BCUT2D eigenvalue weighted by Crippen LogP contribution is -2.20. The van der Waals surface area contributed by atoms with Crippen molar-refractivity contribution in [1.82, 2.24) is 10.3 Å². The second-order valence-electron chi connectivity index (χ2n) is 5.90. The van der Waals surface area contributed by atoms with Crippen LogP contribution >= 0.6 is 0 Å². The topological polar surface area (TPSA) is 42.0 Å². The van der Waals surface area contributed by atoms with Crippen molar-refractivity contribution in [2.75, 3.05) is 0 Å². The molecule has 1 amide bonds. The minimum absolute atomic E-state index is 0.112. The van der Waals surface area contributed by atoms with Crippen molar-refractivity contribution >= 4 is 12.0 Å². The normalized spacial score (nSPS) is 10.8. The van der Waals surface area contributed by atoms with Crippen molar-refractivity contribution in [3.8, 4) is 11.1 Å². The van der Waals surface area contributed by atoms with Gasteiger partial charge in [-0.05, 0) is 47.4 Å². The first-order valence-electron chi connectivity index (χ1n) is 8.23. The van der Waals surface area contributed by atoms with Crippen molar-refractivity contribution in [1.29, 1.82) is 0 Å². The van der Waals surface area contributed by atoms with Gasteiger partial charge in [0, 0.05) is 25.0 Å². The first kappa shape index (κ1) is 16.7. The van der Waals surface area contributed by atoms with Crippen molar-refractivity contribution in [2.24, 2.45) is 0 Å². The fraction of sp³-hybridized carbons (Fsp3) is 0.0909. The van der Waals surface area contributed by atoms with E-state index in [2.05, 4.69) is 53.6 Å². The number of amides is 1. The minimum Gasteiger partial charge on any atom is -0.348 e. The largest absolute Gasteiger partial charge is 0.348 e. The summed E-state index contributed by atoms with van der Waals surface area (Å²) in [5.74, 6) is -0.112. The maximum atomic E-state index is 11.9.